The Kier molecular flexibility index (Phi) is 63.1. The summed E-state index contributed by atoms with van der Waals surface area (Å²) in [5, 5.41) is 76.6. The SMILES string of the molecule is CCCCCCCCCCCCCCCCCCCCCCC/C=C/CC/C=C/CCCC(O)C(O)C(COC1OC(CO)C(O)C(O)C1O)NC(=O)C(O)CCCCCCCCCCCCCCCCCCCCCCCCCCCCCCCCC. The number of rotatable bonds is 69. The number of hydrogen-bond acceptors (Lipinski definition) is 10. The van der Waals surface area contributed by atoms with Crippen LogP contribution in [0.5, 0.6) is 0 Å². The lowest BCUT2D eigenvalue weighted by molar-refractivity contribution is -0.303. The average molecular weight is 1250 g/mol. The predicted octanol–water partition coefficient (Wildman–Crippen LogP) is 19.5. The first-order valence-electron chi connectivity index (χ1n) is 38.7. The largest absolute Gasteiger partial charge is 0.394 e. The van der Waals surface area contributed by atoms with Gasteiger partial charge in [-0.2, -0.15) is 0 Å². The Morgan fingerprint density at radius 2 is 0.682 bits per heavy atom. The lowest BCUT2D eigenvalue weighted by Gasteiger charge is -2.40. The number of ether oxygens (including phenoxy) is 2. The molecular formula is C77H149NO10. The van der Waals surface area contributed by atoms with Gasteiger partial charge in [0.1, 0.15) is 36.6 Å². The van der Waals surface area contributed by atoms with Gasteiger partial charge >= 0.3 is 0 Å². The van der Waals surface area contributed by atoms with Crippen molar-refractivity contribution in [1.29, 1.82) is 0 Å². The lowest BCUT2D eigenvalue weighted by Crippen LogP contribution is -2.60. The fourth-order valence-electron chi connectivity index (χ4n) is 12.8. The van der Waals surface area contributed by atoms with Gasteiger partial charge in [0.15, 0.2) is 6.29 Å². The first-order chi connectivity index (χ1) is 43.2. The zero-order valence-electron chi connectivity index (χ0n) is 58.0. The highest BCUT2D eigenvalue weighted by atomic mass is 16.7. The summed E-state index contributed by atoms with van der Waals surface area (Å²) in [7, 11) is 0. The second kappa shape index (κ2) is 65.6. The first kappa shape index (κ1) is 84.6. The average Bonchev–Trinajstić information content (AvgIpc) is 3.70. The van der Waals surface area contributed by atoms with Crippen LogP contribution in [0.2, 0.25) is 0 Å². The van der Waals surface area contributed by atoms with Gasteiger partial charge in [0.2, 0.25) is 5.91 Å². The van der Waals surface area contributed by atoms with Crippen molar-refractivity contribution in [2.75, 3.05) is 13.2 Å². The molecule has 0 spiro atoms. The number of amides is 1. The molecule has 8 N–H and O–H groups in total. The first-order valence-corrected chi connectivity index (χ1v) is 38.7. The summed E-state index contributed by atoms with van der Waals surface area (Å²) in [4.78, 5) is 13.3. The Morgan fingerprint density at radius 3 is 1.01 bits per heavy atom. The summed E-state index contributed by atoms with van der Waals surface area (Å²) in [6, 6.07) is -1.19. The highest BCUT2D eigenvalue weighted by molar-refractivity contribution is 5.80. The van der Waals surface area contributed by atoms with Gasteiger partial charge in [0.05, 0.1) is 25.4 Å². The number of carbonyl (C=O) groups excluding carboxylic acids is 1. The standard InChI is InChI=1S/C77H149NO10/c1-3-5-7-9-11-13-15-17-19-21-23-25-27-29-31-33-35-37-39-41-43-45-47-49-51-53-55-57-59-61-63-65-70(81)76(86)78-68(67-87-77-75(85)74(84)73(83)71(66-79)88-77)72(82)69(80)64-62-60-58-56-54-52-50-48-46-44-42-40-38-36-34-32-30-28-26-24-22-20-18-16-14-12-10-8-6-4-2/h48,50,56,58,68-75,77,79-85H,3-47,49,51-55,57,59-67H2,1-2H3,(H,78,86)/b50-48+,58-56+. The van der Waals surface area contributed by atoms with E-state index in [9.17, 15) is 40.5 Å². The van der Waals surface area contributed by atoms with Crippen LogP contribution in [0.3, 0.4) is 0 Å². The molecule has 0 aromatic rings. The van der Waals surface area contributed by atoms with Crippen LogP contribution in [0, 0.1) is 0 Å². The topological polar surface area (TPSA) is 189 Å². The molecule has 1 fully saturated rings. The number of carbonyl (C=O) groups is 1. The molecule has 0 aliphatic carbocycles. The summed E-state index contributed by atoms with van der Waals surface area (Å²) in [5.41, 5.74) is 0. The molecule has 1 rings (SSSR count). The Morgan fingerprint density at radius 1 is 0.386 bits per heavy atom. The number of aliphatic hydroxyl groups excluding tert-OH is 7. The summed E-state index contributed by atoms with van der Waals surface area (Å²) in [6.45, 7) is 3.51. The summed E-state index contributed by atoms with van der Waals surface area (Å²) >= 11 is 0. The van der Waals surface area contributed by atoms with E-state index >= 15 is 0 Å². The highest BCUT2D eigenvalue weighted by Gasteiger charge is 2.44. The van der Waals surface area contributed by atoms with E-state index < -0.39 is 74.2 Å². The van der Waals surface area contributed by atoms with E-state index in [2.05, 4.69) is 43.5 Å². The number of hydrogen-bond donors (Lipinski definition) is 8. The maximum absolute atomic E-state index is 13.3. The molecule has 1 saturated heterocycles. The molecule has 0 aromatic carbocycles. The Balaban J connectivity index is 2.17. The molecule has 1 amide bonds. The number of aliphatic hydroxyl groups is 7. The number of unbranched alkanes of at least 4 members (excludes halogenated alkanes) is 53. The summed E-state index contributed by atoms with van der Waals surface area (Å²) in [6.07, 6.45) is 73.0. The molecule has 0 aromatic heterocycles. The number of nitrogens with one attached hydrogen (secondary N) is 1. The quantitative estimate of drug-likeness (QED) is 0.0215. The second-order valence-electron chi connectivity index (χ2n) is 27.4. The molecule has 9 atom stereocenters. The maximum atomic E-state index is 13.3. The zero-order valence-corrected chi connectivity index (χ0v) is 58.0. The van der Waals surface area contributed by atoms with E-state index in [1.54, 1.807) is 0 Å². The van der Waals surface area contributed by atoms with Crippen molar-refractivity contribution in [2.24, 2.45) is 0 Å². The van der Waals surface area contributed by atoms with E-state index in [1.807, 2.05) is 0 Å². The Labute approximate surface area is 544 Å². The van der Waals surface area contributed by atoms with Crippen LogP contribution in [0.25, 0.3) is 0 Å². The van der Waals surface area contributed by atoms with Crippen molar-refractivity contribution in [2.45, 2.75) is 448 Å². The molecule has 1 heterocycles. The third kappa shape index (κ3) is 52.0. The molecule has 11 heteroatoms. The van der Waals surface area contributed by atoms with Crippen molar-refractivity contribution in [1.82, 2.24) is 5.32 Å². The van der Waals surface area contributed by atoms with Gasteiger partial charge in [-0.15, -0.1) is 0 Å². The molecule has 0 saturated carbocycles. The van der Waals surface area contributed by atoms with Crippen LogP contribution in [0.15, 0.2) is 24.3 Å². The molecule has 522 valence electrons. The molecule has 0 bridgehead atoms. The van der Waals surface area contributed by atoms with Crippen molar-refractivity contribution in [3.63, 3.8) is 0 Å². The molecule has 0 radical (unpaired) electrons. The highest BCUT2D eigenvalue weighted by Crippen LogP contribution is 2.24. The monoisotopic (exact) mass is 1250 g/mol. The van der Waals surface area contributed by atoms with Gasteiger partial charge in [-0.1, -0.05) is 366 Å². The van der Waals surface area contributed by atoms with Crippen LogP contribution < -0.4 is 5.32 Å². The van der Waals surface area contributed by atoms with Gasteiger partial charge in [-0.05, 0) is 51.4 Å². The van der Waals surface area contributed by atoms with Crippen molar-refractivity contribution < 1.29 is 50.0 Å². The minimum absolute atomic E-state index is 0.250. The van der Waals surface area contributed by atoms with E-state index in [4.69, 9.17) is 9.47 Å². The van der Waals surface area contributed by atoms with Gasteiger partial charge in [0.25, 0.3) is 0 Å². The second-order valence-corrected chi connectivity index (χ2v) is 27.4. The molecule has 88 heavy (non-hydrogen) atoms. The maximum Gasteiger partial charge on any atom is 0.249 e. The van der Waals surface area contributed by atoms with Gasteiger partial charge < -0.3 is 50.5 Å². The van der Waals surface area contributed by atoms with Gasteiger partial charge in [0, 0.05) is 0 Å². The van der Waals surface area contributed by atoms with E-state index in [0.717, 1.165) is 38.5 Å². The van der Waals surface area contributed by atoms with E-state index in [-0.39, 0.29) is 12.8 Å². The smallest absolute Gasteiger partial charge is 0.249 e. The third-order valence-corrected chi connectivity index (χ3v) is 19.0. The van der Waals surface area contributed by atoms with E-state index in [1.165, 1.54) is 308 Å². The van der Waals surface area contributed by atoms with Crippen LogP contribution in [0.1, 0.15) is 393 Å². The fourth-order valence-corrected chi connectivity index (χ4v) is 12.8. The zero-order chi connectivity index (χ0) is 63.9. The molecule has 1 aliphatic heterocycles. The van der Waals surface area contributed by atoms with E-state index in [0.29, 0.717) is 19.3 Å². The lowest BCUT2D eigenvalue weighted by atomic mass is 9.98. The fraction of sp³-hybridized carbons (Fsp3) is 0.935. The van der Waals surface area contributed by atoms with Crippen molar-refractivity contribution in [3.05, 3.63) is 24.3 Å². The van der Waals surface area contributed by atoms with Gasteiger partial charge in [-0.3, -0.25) is 4.79 Å². The third-order valence-electron chi connectivity index (χ3n) is 19.0. The van der Waals surface area contributed by atoms with Crippen molar-refractivity contribution in [3.8, 4) is 0 Å². The van der Waals surface area contributed by atoms with Crippen LogP contribution in [0.4, 0.5) is 0 Å². The predicted molar refractivity (Wildman–Crippen MR) is 372 cm³/mol. The molecule has 9 unspecified atom stereocenters. The Hall–Kier alpha value is -1.41. The minimum Gasteiger partial charge on any atom is -0.394 e. The van der Waals surface area contributed by atoms with Crippen LogP contribution in [-0.4, -0.2) is 110 Å². The normalized spacial score (nSPS) is 18.7. The molecule has 11 nitrogen and oxygen atoms in total. The minimum atomic E-state index is -1.67. The van der Waals surface area contributed by atoms with Gasteiger partial charge in [-0.25, -0.2) is 0 Å². The van der Waals surface area contributed by atoms with Crippen molar-refractivity contribution >= 4 is 5.91 Å². The van der Waals surface area contributed by atoms with Crippen LogP contribution in [-0.2, 0) is 14.3 Å². The molecule has 1 aliphatic rings. The summed E-state index contributed by atoms with van der Waals surface area (Å²) < 4.78 is 11.2. The van der Waals surface area contributed by atoms with Crippen LogP contribution >= 0.6 is 0 Å². The summed E-state index contributed by atoms with van der Waals surface area (Å²) in [5.74, 6) is -0.702. The molecular weight excluding hydrogens is 1100 g/mol. The Bertz CT molecular complexity index is 1480. The number of allylic oxidation sites excluding steroid dienone is 4.